The van der Waals surface area contributed by atoms with Crippen LogP contribution in [0.25, 0.3) is 0 Å². The second kappa shape index (κ2) is 24.0. The number of ether oxygens (including phenoxy) is 2. The number of hydrogen-bond donors (Lipinski definition) is 3. The highest BCUT2D eigenvalue weighted by Gasteiger charge is 2.56. The van der Waals surface area contributed by atoms with Crippen LogP contribution in [0.1, 0.15) is 111 Å². The van der Waals surface area contributed by atoms with E-state index in [0.29, 0.717) is 45.2 Å². The number of carboxylic acid groups (broad SMARTS) is 1. The maximum absolute atomic E-state index is 14.5. The molecule has 1 saturated carbocycles. The summed E-state index contributed by atoms with van der Waals surface area (Å²) in [7, 11) is 6.21. The largest absolute Gasteiger partial charge is 0.480 e. The van der Waals surface area contributed by atoms with Gasteiger partial charge >= 0.3 is 5.97 Å². The number of amides is 7. The molecule has 4 unspecified atom stereocenters. The van der Waals surface area contributed by atoms with E-state index < -0.39 is 66.0 Å². The van der Waals surface area contributed by atoms with Gasteiger partial charge in [-0.1, -0.05) is 77.8 Å². The van der Waals surface area contributed by atoms with Crippen LogP contribution in [0, 0.1) is 23.2 Å². The van der Waals surface area contributed by atoms with Crippen LogP contribution in [0.5, 0.6) is 0 Å². The molecule has 65 heavy (non-hydrogen) atoms. The van der Waals surface area contributed by atoms with E-state index >= 15 is 0 Å². The summed E-state index contributed by atoms with van der Waals surface area (Å²) >= 11 is 0. The van der Waals surface area contributed by atoms with Gasteiger partial charge in [-0.05, 0) is 54.9 Å². The van der Waals surface area contributed by atoms with E-state index in [1.807, 2.05) is 45.9 Å². The Balaban J connectivity index is 1.38. The normalized spacial score (nSPS) is 19.9. The molecule has 362 valence electrons. The van der Waals surface area contributed by atoms with Crippen LogP contribution in [0.3, 0.4) is 0 Å². The molecule has 0 aromatic heterocycles. The molecule has 2 heterocycles. The molecule has 2 saturated heterocycles. The molecule has 2 aliphatic heterocycles. The van der Waals surface area contributed by atoms with Crippen molar-refractivity contribution in [1.29, 1.82) is 0 Å². The first-order valence-electron chi connectivity index (χ1n) is 23.3. The molecule has 4 rings (SSSR count). The van der Waals surface area contributed by atoms with Crippen molar-refractivity contribution in [1.82, 2.24) is 30.2 Å². The lowest BCUT2D eigenvalue weighted by atomic mass is 9.90. The highest BCUT2D eigenvalue weighted by atomic mass is 16.5. The van der Waals surface area contributed by atoms with E-state index in [4.69, 9.17) is 9.47 Å². The highest BCUT2D eigenvalue weighted by molar-refractivity contribution is 6.01. The van der Waals surface area contributed by atoms with Gasteiger partial charge in [0.2, 0.25) is 41.4 Å². The molecular weight excluding hydrogens is 837 g/mol. The summed E-state index contributed by atoms with van der Waals surface area (Å²) in [6.07, 6.45) is 4.20. The summed E-state index contributed by atoms with van der Waals surface area (Å²) in [4.78, 5) is 111. The Labute approximate surface area is 384 Å². The number of carbonyl (C=O) groups excluding carboxylic acids is 7. The molecule has 3 aliphatic rings. The minimum atomic E-state index is -1.15. The van der Waals surface area contributed by atoms with Crippen LogP contribution in [0.15, 0.2) is 30.3 Å². The Morgan fingerprint density at radius 3 is 2.08 bits per heavy atom. The van der Waals surface area contributed by atoms with Gasteiger partial charge in [0.1, 0.15) is 12.1 Å². The number of benzene rings is 1. The summed E-state index contributed by atoms with van der Waals surface area (Å²) < 4.78 is 12.0. The second-order valence-corrected chi connectivity index (χ2v) is 18.9. The predicted octanol–water partition coefficient (Wildman–Crippen LogP) is 3.42. The van der Waals surface area contributed by atoms with Gasteiger partial charge in [-0.2, -0.15) is 0 Å². The number of likely N-dealkylation sites (tertiary alicyclic amines) is 2. The van der Waals surface area contributed by atoms with Crippen LogP contribution < -0.4 is 10.6 Å². The number of methoxy groups -OCH3 is 2. The average Bonchev–Trinajstić information content (AvgIpc) is 3.82. The number of nitrogens with one attached hydrogen (secondary N) is 2. The number of aliphatic carboxylic acids is 1. The third-order valence-corrected chi connectivity index (χ3v) is 14.0. The fourth-order valence-electron chi connectivity index (χ4n) is 9.68. The van der Waals surface area contributed by atoms with Crippen molar-refractivity contribution in [2.45, 2.75) is 148 Å². The van der Waals surface area contributed by atoms with Gasteiger partial charge in [0.15, 0.2) is 0 Å². The van der Waals surface area contributed by atoms with Crippen LogP contribution in [-0.2, 0) is 54.3 Å². The lowest BCUT2D eigenvalue weighted by molar-refractivity contribution is -0.147. The number of imide groups is 1. The van der Waals surface area contributed by atoms with Crippen molar-refractivity contribution >= 4 is 47.3 Å². The Hall–Kier alpha value is -4.90. The first kappa shape index (κ1) is 52.7. The van der Waals surface area contributed by atoms with Crippen LogP contribution in [-0.4, -0.2) is 156 Å². The fraction of sp³-hybridized carbons (Fsp3) is 0.708. The molecule has 8 atom stereocenters. The van der Waals surface area contributed by atoms with E-state index in [2.05, 4.69) is 10.6 Å². The molecule has 17 nitrogen and oxygen atoms in total. The standard InChI is InChI=1S/C48H74N6O11/c1-10-31(4)43(52(7)41(59)28-49-46(61)42(30(2)3)51(6)37(55)19-15-12-16-24-53-38(56)20-21-39(53)57)36(64-8)26-40(58)54-29-48(22-23-48)27-35(54)44(65-9)32(5)45(60)50-34(47(62)63)25-33-17-13-11-14-18-33/h11,13-14,17-18,30-32,34-36,42-44H,10,12,15-16,19-29H2,1-9H3,(H,49,61)(H,50,60)(H,62,63)/t31?,32?,34?,35-,36+,42?,43-,44+/m0/s1. The zero-order chi connectivity index (χ0) is 48.2. The van der Waals surface area contributed by atoms with E-state index in [1.165, 1.54) is 28.9 Å². The topological polar surface area (TPSA) is 212 Å². The van der Waals surface area contributed by atoms with Crippen molar-refractivity contribution in [2.24, 2.45) is 23.2 Å². The fourth-order valence-corrected chi connectivity index (χ4v) is 9.68. The number of unbranched alkanes of at least 4 members (excludes halogenated alkanes) is 2. The summed E-state index contributed by atoms with van der Waals surface area (Å²) in [5, 5.41) is 15.4. The summed E-state index contributed by atoms with van der Waals surface area (Å²) in [5.41, 5.74) is 0.685. The first-order chi connectivity index (χ1) is 30.8. The van der Waals surface area contributed by atoms with Gasteiger partial charge in [0, 0.05) is 67.1 Å². The molecule has 0 radical (unpaired) electrons. The lowest BCUT2D eigenvalue weighted by Gasteiger charge is -2.39. The van der Waals surface area contributed by atoms with Crippen molar-refractivity contribution in [3.05, 3.63) is 35.9 Å². The Morgan fingerprint density at radius 1 is 0.877 bits per heavy atom. The average molecular weight is 911 g/mol. The number of likely N-dealkylation sites (N-methyl/N-ethyl adjacent to an activating group) is 2. The minimum Gasteiger partial charge on any atom is -0.480 e. The Morgan fingerprint density at radius 2 is 1.52 bits per heavy atom. The predicted molar refractivity (Wildman–Crippen MR) is 242 cm³/mol. The number of nitrogens with zero attached hydrogens (tertiary/aromatic N) is 4. The smallest absolute Gasteiger partial charge is 0.326 e. The second-order valence-electron chi connectivity index (χ2n) is 18.9. The molecule has 1 aromatic rings. The van der Waals surface area contributed by atoms with Gasteiger partial charge in [0.25, 0.3) is 0 Å². The van der Waals surface area contributed by atoms with E-state index in [-0.39, 0.29) is 79.5 Å². The third-order valence-electron chi connectivity index (χ3n) is 14.0. The number of rotatable bonds is 26. The number of carboxylic acids is 1. The quantitative estimate of drug-likeness (QED) is 0.0906. The van der Waals surface area contributed by atoms with Crippen LogP contribution >= 0.6 is 0 Å². The zero-order valence-electron chi connectivity index (χ0n) is 40.0. The monoisotopic (exact) mass is 911 g/mol. The third kappa shape index (κ3) is 13.8. The van der Waals surface area contributed by atoms with Gasteiger partial charge in [0.05, 0.1) is 43.2 Å². The van der Waals surface area contributed by atoms with Crippen molar-refractivity contribution in [3.8, 4) is 0 Å². The number of carbonyl (C=O) groups is 8. The minimum absolute atomic E-state index is 0.0614. The maximum atomic E-state index is 14.5. The highest BCUT2D eigenvalue weighted by Crippen LogP contribution is 2.56. The van der Waals surface area contributed by atoms with Crippen molar-refractivity contribution in [3.63, 3.8) is 0 Å². The van der Waals surface area contributed by atoms with E-state index in [0.717, 1.165) is 18.4 Å². The molecule has 1 aromatic carbocycles. The first-order valence-corrected chi connectivity index (χ1v) is 23.3. The summed E-state index contributed by atoms with van der Waals surface area (Å²) in [5.74, 6) is -4.43. The number of hydrogen-bond acceptors (Lipinski definition) is 10. The zero-order valence-corrected chi connectivity index (χ0v) is 40.0. The van der Waals surface area contributed by atoms with Gasteiger partial charge in [-0.15, -0.1) is 0 Å². The van der Waals surface area contributed by atoms with Crippen molar-refractivity contribution in [2.75, 3.05) is 47.9 Å². The molecule has 1 spiro atoms. The van der Waals surface area contributed by atoms with Gasteiger partial charge < -0.3 is 39.9 Å². The van der Waals surface area contributed by atoms with Crippen LogP contribution in [0.4, 0.5) is 0 Å². The molecule has 3 N–H and O–H groups in total. The molecule has 7 amide bonds. The molecular formula is C48H74N6O11. The summed E-state index contributed by atoms with van der Waals surface area (Å²) in [6, 6.07) is 6.06. The summed E-state index contributed by atoms with van der Waals surface area (Å²) in [6.45, 7) is 9.79. The van der Waals surface area contributed by atoms with Gasteiger partial charge in [-0.3, -0.25) is 38.5 Å². The Kier molecular flexibility index (Phi) is 19.5. The molecule has 0 bridgehead atoms. The maximum Gasteiger partial charge on any atom is 0.326 e. The Bertz CT molecular complexity index is 1820. The molecule has 3 fully saturated rings. The molecule has 1 aliphatic carbocycles. The van der Waals surface area contributed by atoms with Crippen LogP contribution in [0.2, 0.25) is 0 Å². The van der Waals surface area contributed by atoms with Gasteiger partial charge in [-0.25, -0.2) is 4.79 Å². The van der Waals surface area contributed by atoms with E-state index in [1.54, 1.807) is 38.1 Å². The van der Waals surface area contributed by atoms with E-state index in [9.17, 15) is 43.5 Å². The lowest BCUT2D eigenvalue weighted by Crippen LogP contribution is -2.56. The molecule has 17 heteroatoms. The SMILES string of the molecule is CCC(C)[C@@H]([C@@H](CC(=O)N1CC2(CC2)C[C@H]1[C@H](OC)C(C)C(=O)NC(Cc1ccccc1)C(=O)O)OC)N(C)C(=O)CNC(=O)C(C(C)C)N(C)C(=O)CCCCCN1C(=O)CCC1=O. The van der Waals surface area contributed by atoms with Crippen molar-refractivity contribution < 1.29 is 52.9 Å².